The Labute approximate surface area is 101 Å². The van der Waals surface area contributed by atoms with E-state index in [4.69, 9.17) is 0 Å². The molecule has 2 heterocycles. The van der Waals surface area contributed by atoms with Gasteiger partial charge in [-0.2, -0.15) is 0 Å². The van der Waals surface area contributed by atoms with Crippen molar-refractivity contribution in [1.29, 1.82) is 0 Å². The molecular weight excluding hydrogens is 214 g/mol. The van der Waals surface area contributed by atoms with Crippen molar-refractivity contribution < 1.29 is 0 Å². The highest BCUT2D eigenvalue weighted by Crippen LogP contribution is 2.15. The molecule has 5 nitrogen and oxygen atoms in total. The summed E-state index contributed by atoms with van der Waals surface area (Å²) in [7, 11) is 0. The van der Waals surface area contributed by atoms with Crippen LogP contribution in [0.15, 0.2) is 24.9 Å². The molecule has 0 saturated carbocycles. The number of nitrogens with one attached hydrogen (secondary N) is 1. The number of hydrogen-bond donors (Lipinski definition) is 1. The van der Waals surface area contributed by atoms with Crippen LogP contribution < -0.4 is 5.32 Å². The molecule has 90 valence electrons. The maximum absolute atomic E-state index is 4.46. The van der Waals surface area contributed by atoms with Gasteiger partial charge in [-0.05, 0) is 12.8 Å². The predicted molar refractivity (Wildman–Crippen MR) is 67.2 cm³/mol. The minimum Gasteiger partial charge on any atom is -0.355 e. The van der Waals surface area contributed by atoms with Crippen molar-refractivity contribution in [3.8, 4) is 5.69 Å². The molecule has 0 spiro atoms. The monoisotopic (exact) mass is 231 g/mol. The van der Waals surface area contributed by atoms with Crippen molar-refractivity contribution in [1.82, 2.24) is 19.5 Å². The van der Waals surface area contributed by atoms with E-state index in [0.717, 1.165) is 23.9 Å². The summed E-state index contributed by atoms with van der Waals surface area (Å²) < 4.78 is 1.97. The average Bonchev–Trinajstić information content (AvgIpc) is 2.69. The Morgan fingerprint density at radius 1 is 1.29 bits per heavy atom. The molecule has 0 saturated heterocycles. The lowest BCUT2D eigenvalue weighted by Gasteiger charge is -2.10. The van der Waals surface area contributed by atoms with Gasteiger partial charge in [0.25, 0.3) is 0 Å². The molecule has 5 heteroatoms. The van der Waals surface area contributed by atoms with Gasteiger partial charge in [-0.15, -0.1) is 0 Å². The summed E-state index contributed by atoms with van der Waals surface area (Å²) in [5.74, 6) is 1.42. The Kier molecular flexibility index (Phi) is 3.37. The van der Waals surface area contributed by atoms with E-state index in [0.29, 0.717) is 5.92 Å². The summed E-state index contributed by atoms with van der Waals surface area (Å²) in [6.07, 6.45) is 7.04. The van der Waals surface area contributed by atoms with Gasteiger partial charge in [0.15, 0.2) is 0 Å². The van der Waals surface area contributed by atoms with Gasteiger partial charge in [0.1, 0.15) is 6.33 Å². The highest BCUT2D eigenvalue weighted by atomic mass is 15.2. The number of imidazole rings is 1. The molecule has 0 radical (unpaired) electrons. The van der Waals surface area contributed by atoms with Crippen molar-refractivity contribution in [2.24, 2.45) is 5.92 Å². The quantitative estimate of drug-likeness (QED) is 0.874. The van der Waals surface area contributed by atoms with Crippen LogP contribution in [0.2, 0.25) is 0 Å². The number of rotatable bonds is 4. The van der Waals surface area contributed by atoms with Crippen LogP contribution in [0.5, 0.6) is 0 Å². The maximum atomic E-state index is 4.46. The molecule has 0 fully saturated rings. The van der Waals surface area contributed by atoms with E-state index in [1.165, 1.54) is 6.33 Å². The molecule has 1 N–H and O–H groups in total. The van der Waals surface area contributed by atoms with Crippen LogP contribution in [0.25, 0.3) is 5.69 Å². The Hall–Kier alpha value is -1.91. The topological polar surface area (TPSA) is 55.6 Å². The lowest BCUT2D eigenvalue weighted by atomic mass is 10.2. The number of aryl methyl sites for hydroxylation is 1. The van der Waals surface area contributed by atoms with Crippen molar-refractivity contribution >= 4 is 5.95 Å². The Morgan fingerprint density at radius 3 is 2.65 bits per heavy atom. The summed E-state index contributed by atoms with van der Waals surface area (Å²) in [4.78, 5) is 12.5. The molecule has 0 atom stereocenters. The maximum Gasteiger partial charge on any atom is 0.207 e. The van der Waals surface area contributed by atoms with Gasteiger partial charge < -0.3 is 5.32 Å². The van der Waals surface area contributed by atoms with Crippen LogP contribution in [0.3, 0.4) is 0 Å². The Balaban J connectivity index is 2.28. The predicted octanol–water partition coefficient (Wildman–Crippen LogP) is 2.04. The van der Waals surface area contributed by atoms with E-state index in [-0.39, 0.29) is 0 Å². The van der Waals surface area contributed by atoms with E-state index >= 15 is 0 Å². The van der Waals surface area contributed by atoms with Gasteiger partial charge in [0.05, 0.1) is 23.8 Å². The molecule has 0 aromatic carbocycles. The lowest BCUT2D eigenvalue weighted by Crippen LogP contribution is -2.12. The van der Waals surface area contributed by atoms with E-state index in [1.54, 1.807) is 12.4 Å². The average molecular weight is 231 g/mol. The fourth-order valence-corrected chi connectivity index (χ4v) is 1.53. The molecule has 2 aromatic rings. The highest BCUT2D eigenvalue weighted by molar-refractivity contribution is 5.40. The van der Waals surface area contributed by atoms with E-state index < -0.39 is 0 Å². The third-order valence-electron chi connectivity index (χ3n) is 2.32. The SMILES string of the molecule is Cc1cn(-c2cncnc2)c(NCC(C)C)n1. The number of anilines is 1. The fraction of sp³-hybridized carbons (Fsp3) is 0.417. The van der Waals surface area contributed by atoms with Crippen LogP contribution in [0.4, 0.5) is 5.95 Å². The first-order chi connectivity index (χ1) is 8.16. The Morgan fingerprint density at radius 2 is 2.00 bits per heavy atom. The lowest BCUT2D eigenvalue weighted by molar-refractivity contribution is 0.683. The molecule has 2 aromatic heterocycles. The standard InChI is InChI=1S/C12H17N5/c1-9(2)4-15-12-16-10(3)7-17(12)11-5-13-8-14-6-11/h5-9H,4H2,1-3H3,(H,15,16). The van der Waals surface area contributed by atoms with Crippen molar-refractivity contribution in [3.63, 3.8) is 0 Å². The van der Waals surface area contributed by atoms with Gasteiger partial charge in [0.2, 0.25) is 5.95 Å². The fourth-order valence-electron chi connectivity index (χ4n) is 1.53. The Bertz CT molecular complexity index is 475. The smallest absolute Gasteiger partial charge is 0.207 e. The summed E-state index contributed by atoms with van der Waals surface area (Å²) in [6, 6.07) is 0. The summed E-state index contributed by atoms with van der Waals surface area (Å²) in [5.41, 5.74) is 1.89. The molecule has 0 aliphatic carbocycles. The van der Waals surface area contributed by atoms with Crippen LogP contribution >= 0.6 is 0 Å². The summed E-state index contributed by atoms with van der Waals surface area (Å²) in [5, 5.41) is 3.33. The second kappa shape index (κ2) is 4.95. The molecule has 0 unspecified atom stereocenters. The van der Waals surface area contributed by atoms with Gasteiger partial charge in [-0.25, -0.2) is 15.0 Å². The first-order valence-electron chi connectivity index (χ1n) is 5.72. The van der Waals surface area contributed by atoms with Crippen molar-refractivity contribution in [3.05, 3.63) is 30.6 Å². The minimum atomic E-state index is 0.576. The highest BCUT2D eigenvalue weighted by Gasteiger charge is 2.07. The molecule has 0 amide bonds. The van der Waals surface area contributed by atoms with E-state index in [1.807, 2.05) is 17.7 Å². The molecule has 0 aliphatic rings. The zero-order valence-corrected chi connectivity index (χ0v) is 10.4. The van der Waals surface area contributed by atoms with Crippen molar-refractivity contribution in [2.45, 2.75) is 20.8 Å². The van der Waals surface area contributed by atoms with Gasteiger partial charge in [-0.1, -0.05) is 13.8 Å². The van der Waals surface area contributed by atoms with E-state index in [2.05, 4.69) is 34.1 Å². The van der Waals surface area contributed by atoms with Gasteiger partial charge >= 0.3 is 0 Å². The summed E-state index contributed by atoms with van der Waals surface area (Å²) in [6.45, 7) is 7.20. The molecule has 2 rings (SSSR count). The largest absolute Gasteiger partial charge is 0.355 e. The minimum absolute atomic E-state index is 0.576. The first kappa shape index (κ1) is 11.6. The second-order valence-corrected chi connectivity index (χ2v) is 4.45. The molecule has 0 bridgehead atoms. The number of hydrogen-bond acceptors (Lipinski definition) is 4. The number of nitrogens with zero attached hydrogens (tertiary/aromatic N) is 4. The van der Waals surface area contributed by atoms with E-state index in [9.17, 15) is 0 Å². The van der Waals surface area contributed by atoms with Crippen molar-refractivity contribution in [2.75, 3.05) is 11.9 Å². The third kappa shape index (κ3) is 2.81. The van der Waals surface area contributed by atoms with Crippen LogP contribution in [-0.4, -0.2) is 26.1 Å². The first-order valence-corrected chi connectivity index (χ1v) is 5.72. The number of aromatic nitrogens is 4. The van der Waals surface area contributed by atoms with Crippen LogP contribution in [0, 0.1) is 12.8 Å². The molecule has 17 heavy (non-hydrogen) atoms. The third-order valence-corrected chi connectivity index (χ3v) is 2.32. The van der Waals surface area contributed by atoms with Crippen LogP contribution in [0.1, 0.15) is 19.5 Å². The zero-order valence-electron chi connectivity index (χ0n) is 10.4. The molecular formula is C12H17N5. The van der Waals surface area contributed by atoms with Gasteiger partial charge in [-0.3, -0.25) is 4.57 Å². The van der Waals surface area contributed by atoms with Crippen LogP contribution in [-0.2, 0) is 0 Å². The second-order valence-electron chi connectivity index (χ2n) is 4.45. The summed E-state index contributed by atoms with van der Waals surface area (Å²) >= 11 is 0. The zero-order chi connectivity index (χ0) is 12.3. The molecule has 0 aliphatic heterocycles. The van der Waals surface area contributed by atoms with Gasteiger partial charge in [0, 0.05) is 12.7 Å². The normalized spacial score (nSPS) is 10.8.